The Morgan fingerprint density at radius 3 is 2.02 bits per heavy atom. The molecule has 3 atom stereocenters. The molecular formula is C66H91F2IN12O14S. The molecule has 0 bridgehead atoms. The van der Waals surface area contributed by atoms with Crippen molar-refractivity contribution in [1.82, 2.24) is 55.2 Å². The number of alkyl halides is 2. The van der Waals surface area contributed by atoms with Crippen molar-refractivity contribution in [1.29, 1.82) is 0 Å². The number of amides is 7. The Bertz CT molecular complexity index is 3150. The van der Waals surface area contributed by atoms with Gasteiger partial charge < -0.3 is 45.8 Å². The van der Waals surface area contributed by atoms with Crippen LogP contribution in [0.3, 0.4) is 0 Å². The number of benzene rings is 2. The lowest BCUT2D eigenvalue weighted by atomic mass is 9.92. The highest BCUT2D eigenvalue weighted by atomic mass is 127. The minimum absolute atomic E-state index is 0.0381. The Morgan fingerprint density at radius 2 is 1.40 bits per heavy atom. The zero-order valence-electron chi connectivity index (χ0n) is 54.5. The number of rotatable bonds is 34. The van der Waals surface area contributed by atoms with Crippen molar-refractivity contribution < 1.29 is 76.8 Å². The van der Waals surface area contributed by atoms with E-state index in [1.165, 1.54) is 42.2 Å². The summed E-state index contributed by atoms with van der Waals surface area (Å²) in [4.78, 5) is 148. The standard InChI is InChI=1S/C66H91F2IN12O14S/c1-70-38-50-37-66(67,68)45-81(50)60(86)39-73-64(93)52-18-22-71-54-17-16-51(35-53(52)54)95-34-6-8-47-19-24-79(25-20-47)58(84)11-5-23-80-59(85)36-55(65(80)94)96-44-49(9-2-3-21-72-56(82)10-4-7-46-12-14-48(69)15-13-46)74-57(83)40-75-26-28-76(41-61(87)88)30-32-78(43-63(91)92)33-31-77(29-27-75)42-62(89)90/h12-18,22,35,38,47,49-50,55H,2-11,19-21,23-34,36-37,39-45H2,1H3,(H,72,82)(H,73,93)(H,74,83)(H,87,88)(H,89,90)(H,91,92)/t49?,50-,55?/m1/s1. The molecule has 2 aromatic carbocycles. The number of imide groups is 1. The smallest absolute Gasteiger partial charge is 0.317 e. The van der Waals surface area contributed by atoms with Crippen molar-refractivity contribution in [3.8, 4) is 5.75 Å². The molecule has 26 nitrogen and oxygen atoms in total. The highest BCUT2D eigenvalue weighted by Gasteiger charge is 2.46. The number of ether oxygens (including phenoxy) is 1. The monoisotopic (exact) mass is 1470 g/mol. The van der Waals surface area contributed by atoms with Gasteiger partial charge >= 0.3 is 17.9 Å². The Balaban J connectivity index is 0.850. The molecule has 30 heteroatoms. The molecule has 3 aromatic rings. The topological polar surface area (TPSA) is 325 Å². The van der Waals surface area contributed by atoms with E-state index in [9.17, 15) is 72.0 Å². The van der Waals surface area contributed by atoms with Crippen LogP contribution in [0.1, 0.15) is 99.4 Å². The summed E-state index contributed by atoms with van der Waals surface area (Å²) in [5.41, 5.74) is 1.93. The van der Waals surface area contributed by atoms with E-state index in [-0.39, 0.29) is 139 Å². The molecule has 6 N–H and O–H groups in total. The van der Waals surface area contributed by atoms with Gasteiger partial charge in [-0.15, -0.1) is 11.8 Å². The number of aromatic nitrogens is 1. The van der Waals surface area contributed by atoms with Crippen molar-refractivity contribution in [2.45, 2.75) is 113 Å². The predicted octanol–water partition coefficient (Wildman–Crippen LogP) is 3.81. The highest BCUT2D eigenvalue weighted by molar-refractivity contribution is 14.1. The van der Waals surface area contributed by atoms with Crippen LogP contribution in [0.4, 0.5) is 8.78 Å². The van der Waals surface area contributed by atoms with Crippen LogP contribution >= 0.6 is 34.4 Å². The number of hydrogen-bond donors (Lipinski definition) is 6. The maximum atomic E-state index is 14.2. The minimum atomic E-state index is -3.05. The Kier molecular flexibility index (Phi) is 30.9. The van der Waals surface area contributed by atoms with Gasteiger partial charge in [0.1, 0.15) is 5.75 Å². The maximum Gasteiger partial charge on any atom is 0.317 e. The molecule has 4 fully saturated rings. The van der Waals surface area contributed by atoms with Gasteiger partial charge in [-0.1, -0.05) is 12.1 Å². The van der Waals surface area contributed by atoms with E-state index >= 15 is 0 Å². The number of piperidine rings is 1. The van der Waals surface area contributed by atoms with Crippen LogP contribution in [-0.2, 0) is 49.6 Å². The molecule has 0 aliphatic carbocycles. The molecule has 4 saturated heterocycles. The van der Waals surface area contributed by atoms with E-state index < -0.39 is 72.5 Å². The molecule has 1 aromatic heterocycles. The number of unbranched alkanes of at least 4 members (excludes halogenated alkanes) is 1. The van der Waals surface area contributed by atoms with Crippen LogP contribution in [0.15, 0.2) is 59.7 Å². The third-order valence-electron chi connectivity index (χ3n) is 17.6. The van der Waals surface area contributed by atoms with Crippen LogP contribution in [-0.4, -0.2) is 281 Å². The number of carboxylic acids is 3. The first-order chi connectivity index (χ1) is 46.0. The van der Waals surface area contributed by atoms with E-state index in [2.05, 4.69) is 60.7 Å². The number of carboxylic acid groups (broad SMARTS) is 3. The lowest BCUT2D eigenvalue weighted by Gasteiger charge is -2.33. The van der Waals surface area contributed by atoms with Crippen LogP contribution < -0.4 is 20.7 Å². The van der Waals surface area contributed by atoms with Gasteiger partial charge in [-0.25, -0.2) is 8.78 Å². The molecule has 0 saturated carbocycles. The number of thioether (sulfide) groups is 1. The van der Waals surface area contributed by atoms with Gasteiger partial charge in [0, 0.05) is 144 Å². The Hall–Kier alpha value is -7.00. The van der Waals surface area contributed by atoms with Crippen LogP contribution in [0.5, 0.6) is 5.75 Å². The first-order valence-electron chi connectivity index (χ1n) is 33.0. The molecule has 4 aliphatic heterocycles. The van der Waals surface area contributed by atoms with Crippen LogP contribution in [0, 0.1) is 9.49 Å². The molecular weight excluding hydrogens is 1380 g/mol. The summed E-state index contributed by atoms with van der Waals surface area (Å²) >= 11 is 3.53. The number of likely N-dealkylation sites (tertiary alicyclic amines) is 3. The van der Waals surface area contributed by atoms with Gasteiger partial charge in [0.15, 0.2) is 0 Å². The molecule has 526 valence electrons. The van der Waals surface area contributed by atoms with Gasteiger partial charge in [-0.2, -0.15) is 0 Å². The number of hydrogen-bond acceptors (Lipinski definition) is 18. The molecule has 0 spiro atoms. The second-order valence-corrected chi connectivity index (χ2v) is 27.5. The summed E-state index contributed by atoms with van der Waals surface area (Å²) in [6, 6.07) is 13.6. The number of aliphatic carboxylic acids is 3. The zero-order valence-corrected chi connectivity index (χ0v) is 57.5. The summed E-state index contributed by atoms with van der Waals surface area (Å²) in [7, 11) is 1.44. The number of nitrogens with one attached hydrogen (secondary N) is 3. The normalized spacial score (nSPS) is 19.3. The van der Waals surface area contributed by atoms with Crippen LogP contribution in [0.2, 0.25) is 0 Å². The summed E-state index contributed by atoms with van der Waals surface area (Å²) in [5.74, 6) is -7.47. The van der Waals surface area contributed by atoms with Crippen molar-refractivity contribution in [3.05, 3.63) is 69.4 Å². The molecule has 0 radical (unpaired) electrons. The molecule has 96 heavy (non-hydrogen) atoms. The summed E-state index contributed by atoms with van der Waals surface area (Å²) < 4.78 is 35.5. The number of nitrogens with zero attached hydrogens (tertiary/aromatic N) is 9. The quantitative estimate of drug-likeness (QED) is 0.0214. The predicted molar refractivity (Wildman–Crippen MR) is 364 cm³/mol. The third-order valence-corrected chi connectivity index (χ3v) is 19.7. The number of carbonyl (C=O) groups is 10. The lowest BCUT2D eigenvalue weighted by Crippen LogP contribution is -2.50. The largest absolute Gasteiger partial charge is 0.494 e. The average molecular weight is 1470 g/mol. The van der Waals surface area contributed by atoms with Gasteiger partial charge in [0.2, 0.25) is 35.4 Å². The number of pyridine rings is 1. The van der Waals surface area contributed by atoms with Gasteiger partial charge in [0.05, 0.1) is 68.2 Å². The summed E-state index contributed by atoms with van der Waals surface area (Å²) in [6.45, 7) is 1.62. The molecule has 2 unspecified atom stereocenters. The number of fused-ring (bicyclic) bond motifs is 1. The maximum absolute atomic E-state index is 14.2. The first kappa shape index (κ1) is 76.4. The number of halogens is 3. The van der Waals surface area contributed by atoms with Crippen molar-refractivity contribution in [2.24, 2.45) is 10.9 Å². The first-order valence-corrected chi connectivity index (χ1v) is 35.1. The van der Waals surface area contributed by atoms with Crippen molar-refractivity contribution in [3.63, 3.8) is 0 Å². The Labute approximate surface area is 576 Å². The molecule has 5 heterocycles. The second kappa shape index (κ2) is 38.8. The van der Waals surface area contributed by atoms with E-state index in [1.54, 1.807) is 32.9 Å². The lowest BCUT2D eigenvalue weighted by molar-refractivity contribution is -0.140. The van der Waals surface area contributed by atoms with Crippen molar-refractivity contribution >= 4 is 111 Å². The third kappa shape index (κ3) is 25.8. The zero-order chi connectivity index (χ0) is 69.2. The molecule has 7 amide bonds. The van der Waals surface area contributed by atoms with E-state index in [0.717, 1.165) is 46.1 Å². The highest BCUT2D eigenvalue weighted by Crippen LogP contribution is 2.32. The summed E-state index contributed by atoms with van der Waals surface area (Å²) in [5, 5.41) is 37.4. The fourth-order valence-electron chi connectivity index (χ4n) is 12.4. The van der Waals surface area contributed by atoms with Crippen molar-refractivity contribution in [2.75, 3.05) is 137 Å². The SMILES string of the molecule is CN=C[C@H]1CC(F)(F)CN1C(=O)CNC(=O)c1ccnc2ccc(OCCCC3CCN(C(=O)CCCN4C(=O)CC(SCC(CCCCNC(=O)CCCc5ccc(I)cc5)NC(=O)CN5CCN(CC(=O)O)CCN(CC(=O)O)CCN(CC(=O)O)CC5)C4=O)CC3)cc12. The van der Waals surface area contributed by atoms with Gasteiger partial charge in [-0.05, 0) is 135 Å². The molecule has 4 aliphatic rings. The fourth-order valence-corrected chi connectivity index (χ4v) is 14.0. The average Bonchev–Trinajstić information content (AvgIpc) is 1.10. The number of carbonyl (C=O) groups excluding carboxylic acids is 7. The van der Waals surface area contributed by atoms with Gasteiger partial charge in [-0.3, -0.25) is 82.4 Å². The van der Waals surface area contributed by atoms with Gasteiger partial charge in [0.25, 0.3) is 11.8 Å². The van der Waals surface area contributed by atoms with E-state index in [4.69, 9.17) is 4.74 Å². The number of aliphatic imine (C=N–C) groups is 1. The number of aryl methyl sites for hydroxylation is 1. The fraction of sp³-hybridized carbons (Fsp3) is 0.606. The minimum Gasteiger partial charge on any atom is -0.494 e. The van der Waals surface area contributed by atoms with E-state index in [1.807, 2.05) is 21.9 Å². The molecule has 7 rings (SSSR count). The second-order valence-electron chi connectivity index (χ2n) is 25.0. The van der Waals surface area contributed by atoms with Crippen LogP contribution in [0.25, 0.3) is 10.9 Å². The van der Waals surface area contributed by atoms with E-state index in [0.29, 0.717) is 87.3 Å². The Morgan fingerprint density at radius 1 is 0.760 bits per heavy atom. The summed E-state index contributed by atoms with van der Waals surface area (Å²) in [6.07, 6.45) is 9.40.